The lowest BCUT2D eigenvalue weighted by molar-refractivity contribution is -0.123. The zero-order valence-corrected chi connectivity index (χ0v) is 13.5. The third kappa shape index (κ3) is 1.31. The number of para-hydroxylation sites is 1. The highest BCUT2D eigenvalue weighted by molar-refractivity contribution is 14.1. The Labute approximate surface area is 136 Å². The van der Waals surface area contributed by atoms with E-state index in [0.29, 0.717) is 11.8 Å². The number of benzene rings is 1. The highest BCUT2D eigenvalue weighted by Crippen LogP contribution is 2.73. The van der Waals surface area contributed by atoms with Crippen molar-refractivity contribution in [3.63, 3.8) is 0 Å². The molecular formula is C17H14INO2. The highest BCUT2D eigenvalue weighted by atomic mass is 127. The Balaban J connectivity index is 1.61. The molecule has 106 valence electrons. The fourth-order valence-corrected chi connectivity index (χ4v) is 5.58. The van der Waals surface area contributed by atoms with Gasteiger partial charge in [0.05, 0.1) is 17.5 Å². The molecule has 1 heterocycles. The maximum absolute atomic E-state index is 12.9. The van der Waals surface area contributed by atoms with Crippen molar-refractivity contribution in [2.45, 2.75) is 12.8 Å². The minimum Gasteiger partial charge on any atom is -0.274 e. The van der Waals surface area contributed by atoms with E-state index in [1.54, 1.807) is 0 Å². The van der Waals surface area contributed by atoms with Crippen LogP contribution in [0.15, 0.2) is 36.4 Å². The summed E-state index contributed by atoms with van der Waals surface area (Å²) in [6.45, 7) is 0. The molecule has 0 aromatic heterocycles. The van der Waals surface area contributed by atoms with Crippen LogP contribution in [0.5, 0.6) is 0 Å². The van der Waals surface area contributed by atoms with E-state index in [0.717, 1.165) is 9.26 Å². The maximum Gasteiger partial charge on any atom is 0.238 e. The predicted molar refractivity (Wildman–Crippen MR) is 86.4 cm³/mol. The average molecular weight is 391 g/mol. The lowest BCUT2D eigenvalue weighted by Gasteiger charge is -2.22. The van der Waals surface area contributed by atoms with Gasteiger partial charge in [-0.15, -0.1) is 0 Å². The number of rotatable bonds is 1. The lowest BCUT2D eigenvalue weighted by Crippen LogP contribution is -2.35. The Hall–Kier alpha value is -1.17. The van der Waals surface area contributed by atoms with Crippen LogP contribution in [0.4, 0.5) is 5.69 Å². The fraction of sp³-hybridized carbons (Fsp3) is 0.412. The number of hydrogen-bond donors (Lipinski definition) is 0. The van der Waals surface area contributed by atoms with E-state index in [9.17, 15) is 9.59 Å². The molecule has 1 aromatic carbocycles. The van der Waals surface area contributed by atoms with Crippen molar-refractivity contribution in [2.75, 3.05) is 4.90 Å². The van der Waals surface area contributed by atoms with E-state index >= 15 is 0 Å². The van der Waals surface area contributed by atoms with Gasteiger partial charge >= 0.3 is 0 Å². The van der Waals surface area contributed by atoms with Gasteiger partial charge in [-0.1, -0.05) is 24.3 Å². The maximum atomic E-state index is 12.9. The van der Waals surface area contributed by atoms with Crippen LogP contribution in [0.2, 0.25) is 0 Å². The molecule has 1 aromatic rings. The number of hydrogen-bond acceptors (Lipinski definition) is 2. The molecule has 2 saturated carbocycles. The monoisotopic (exact) mass is 391 g/mol. The average Bonchev–Trinajstić information content (AvgIpc) is 3.07. The molecule has 4 atom stereocenters. The summed E-state index contributed by atoms with van der Waals surface area (Å²) >= 11 is 2.20. The second-order valence-corrected chi connectivity index (χ2v) is 7.85. The van der Waals surface area contributed by atoms with E-state index in [-0.39, 0.29) is 29.1 Å². The lowest BCUT2D eigenvalue weighted by atomic mass is 9.85. The quantitative estimate of drug-likeness (QED) is 0.420. The Bertz CT molecular complexity index is 687. The van der Waals surface area contributed by atoms with Gasteiger partial charge in [-0.3, -0.25) is 9.59 Å². The van der Waals surface area contributed by atoms with Gasteiger partial charge in [0.2, 0.25) is 11.8 Å². The number of halogens is 1. The van der Waals surface area contributed by atoms with Crippen LogP contribution >= 0.6 is 22.6 Å². The molecule has 4 aliphatic rings. The number of amides is 2. The van der Waals surface area contributed by atoms with Crippen LogP contribution in [-0.2, 0) is 9.59 Å². The second kappa shape index (κ2) is 3.77. The van der Waals surface area contributed by atoms with Gasteiger partial charge in [0.25, 0.3) is 0 Å². The van der Waals surface area contributed by atoms with Gasteiger partial charge < -0.3 is 0 Å². The molecular weight excluding hydrogens is 377 g/mol. The molecule has 2 amide bonds. The highest BCUT2D eigenvalue weighted by Gasteiger charge is 2.73. The summed E-state index contributed by atoms with van der Waals surface area (Å²) in [5.41, 5.74) is 1.03. The standard InChI is InChI=1S/C17H14INO2/c18-11-3-1-2-4-12(11)19-15(20)13-9-5-6-10(14(13)16(19)21)17(9)7-8-17/h1-6,9-10,13-14H,7-8H2/t9-,10+,13-,14-/m0/s1. The van der Waals surface area contributed by atoms with Crippen LogP contribution < -0.4 is 4.90 Å². The fourth-order valence-electron chi connectivity index (χ4n) is 4.95. The zero-order valence-electron chi connectivity index (χ0n) is 11.3. The third-order valence-electron chi connectivity index (χ3n) is 5.95. The molecule has 2 bridgehead atoms. The topological polar surface area (TPSA) is 37.4 Å². The number of carbonyl (C=O) groups excluding carboxylic acids is 2. The van der Waals surface area contributed by atoms with Gasteiger partial charge in [0.15, 0.2) is 0 Å². The van der Waals surface area contributed by atoms with Gasteiger partial charge in [-0.2, -0.15) is 0 Å². The number of nitrogens with zero attached hydrogens (tertiary/aromatic N) is 1. The first kappa shape index (κ1) is 12.4. The van der Waals surface area contributed by atoms with Gasteiger partial charge in [-0.05, 0) is 64.8 Å². The first-order valence-electron chi connectivity index (χ1n) is 7.46. The summed E-state index contributed by atoms with van der Waals surface area (Å²) in [4.78, 5) is 27.3. The Kier molecular flexibility index (Phi) is 2.22. The van der Waals surface area contributed by atoms with Gasteiger partial charge in [0.1, 0.15) is 0 Å². The van der Waals surface area contributed by atoms with Crippen LogP contribution in [0, 0.1) is 32.7 Å². The molecule has 4 heteroatoms. The molecule has 0 radical (unpaired) electrons. The summed E-state index contributed by atoms with van der Waals surface area (Å²) in [6, 6.07) is 7.64. The summed E-state index contributed by atoms with van der Waals surface area (Å²) in [7, 11) is 0. The molecule has 1 aliphatic heterocycles. The van der Waals surface area contributed by atoms with E-state index in [1.807, 2.05) is 24.3 Å². The van der Waals surface area contributed by atoms with Gasteiger partial charge in [0, 0.05) is 3.57 Å². The predicted octanol–water partition coefficient (Wildman–Crippen LogP) is 2.99. The van der Waals surface area contributed by atoms with E-state index in [4.69, 9.17) is 0 Å². The van der Waals surface area contributed by atoms with Crippen molar-refractivity contribution in [3.8, 4) is 0 Å². The van der Waals surface area contributed by atoms with Crippen LogP contribution in [0.25, 0.3) is 0 Å². The summed E-state index contributed by atoms with van der Waals surface area (Å²) < 4.78 is 0.957. The largest absolute Gasteiger partial charge is 0.274 e. The number of carbonyl (C=O) groups is 2. The van der Waals surface area contributed by atoms with Crippen LogP contribution in [-0.4, -0.2) is 11.8 Å². The molecule has 3 fully saturated rings. The first-order chi connectivity index (χ1) is 10.1. The molecule has 21 heavy (non-hydrogen) atoms. The second-order valence-electron chi connectivity index (χ2n) is 6.68. The summed E-state index contributed by atoms with van der Waals surface area (Å²) in [5, 5.41) is 0. The van der Waals surface area contributed by atoms with Crippen LogP contribution in [0.1, 0.15) is 12.8 Å². The minimum atomic E-state index is -0.106. The minimum absolute atomic E-state index is 0.0252. The zero-order chi connectivity index (χ0) is 14.4. The SMILES string of the molecule is O=C1[C@@H]2[C@@H](C(=O)N1c1ccccc1I)[C@@H]1C=C[C@H]2C12CC2. The smallest absolute Gasteiger partial charge is 0.238 e. The Morgan fingerprint density at radius 1 is 1.00 bits per heavy atom. The van der Waals surface area contributed by atoms with E-state index < -0.39 is 0 Å². The molecule has 3 nitrogen and oxygen atoms in total. The van der Waals surface area contributed by atoms with Crippen molar-refractivity contribution in [1.82, 2.24) is 0 Å². The number of anilines is 1. The molecule has 1 spiro atoms. The molecule has 1 saturated heterocycles. The van der Waals surface area contributed by atoms with Crippen molar-refractivity contribution >= 4 is 40.1 Å². The molecule has 5 rings (SSSR count). The molecule has 0 N–H and O–H groups in total. The third-order valence-corrected chi connectivity index (χ3v) is 6.86. The molecule has 0 unspecified atom stereocenters. The number of allylic oxidation sites excluding steroid dienone is 2. The van der Waals surface area contributed by atoms with Gasteiger partial charge in [-0.25, -0.2) is 4.90 Å². The van der Waals surface area contributed by atoms with E-state index in [1.165, 1.54) is 17.7 Å². The van der Waals surface area contributed by atoms with Crippen LogP contribution in [0.3, 0.4) is 0 Å². The summed E-state index contributed by atoms with van der Waals surface area (Å²) in [5.74, 6) is 0.442. The Morgan fingerprint density at radius 2 is 1.57 bits per heavy atom. The first-order valence-corrected chi connectivity index (χ1v) is 8.54. The van der Waals surface area contributed by atoms with Crippen molar-refractivity contribution in [1.29, 1.82) is 0 Å². The normalized spacial score (nSPS) is 37.7. The van der Waals surface area contributed by atoms with Crippen molar-refractivity contribution < 1.29 is 9.59 Å². The molecule has 3 aliphatic carbocycles. The summed E-state index contributed by atoms with van der Waals surface area (Å²) in [6.07, 6.45) is 6.80. The Morgan fingerprint density at radius 3 is 2.10 bits per heavy atom. The van der Waals surface area contributed by atoms with E-state index in [2.05, 4.69) is 34.7 Å². The van der Waals surface area contributed by atoms with Crippen molar-refractivity contribution in [2.24, 2.45) is 29.1 Å². The number of fused-ring (bicyclic) bond motifs is 3. The number of imide groups is 1. The van der Waals surface area contributed by atoms with Crippen molar-refractivity contribution in [3.05, 3.63) is 40.0 Å².